The van der Waals surface area contributed by atoms with Crippen molar-refractivity contribution in [3.63, 3.8) is 0 Å². The van der Waals surface area contributed by atoms with Gasteiger partial charge in [0.1, 0.15) is 0 Å². The van der Waals surface area contributed by atoms with Gasteiger partial charge in [-0.3, -0.25) is 10.8 Å². The molecule has 0 saturated carbocycles. The number of halogens is 2. The minimum Gasteiger partial charge on any atom is -0.379 e. The highest BCUT2D eigenvalue weighted by Gasteiger charge is 1.93. The van der Waals surface area contributed by atoms with Gasteiger partial charge < -0.3 is 21.3 Å². The summed E-state index contributed by atoms with van der Waals surface area (Å²) in [5.74, 6) is 1.90. The Morgan fingerprint density at radius 3 is 1.23 bits per heavy atom. The van der Waals surface area contributed by atoms with Crippen LogP contribution in [0.25, 0.3) is 0 Å². The normalized spacial score (nSPS) is 9.36. The first-order chi connectivity index (χ1) is 9.25. The van der Waals surface area contributed by atoms with Crippen molar-refractivity contribution < 1.29 is 0 Å². The second kappa shape index (κ2) is 21.1. The predicted octanol–water partition coefficient (Wildman–Crippen LogP) is 1.97. The summed E-state index contributed by atoms with van der Waals surface area (Å²) in [5, 5.41) is 14.3. The minimum atomic E-state index is 0. The molecular weight excluding hydrogens is 363 g/mol. The summed E-state index contributed by atoms with van der Waals surface area (Å²) in [4.78, 5) is 4.25. The molecule has 0 fully saturated rings. The van der Waals surface area contributed by atoms with Crippen molar-refractivity contribution in [1.29, 1.82) is 10.8 Å². The Labute approximate surface area is 156 Å². The predicted molar refractivity (Wildman–Crippen MR) is 110 cm³/mol. The molecule has 0 amide bonds. The Bertz CT molecular complexity index is 242. The molecule has 0 aliphatic rings. The maximum Gasteiger partial charge on any atom is 0.151 e. The highest BCUT2D eigenvalue weighted by atomic mass is 35.5. The van der Waals surface area contributed by atoms with Crippen molar-refractivity contribution in [2.75, 3.05) is 52.8 Å². The summed E-state index contributed by atoms with van der Waals surface area (Å²) in [6.07, 6.45) is 2.19. The van der Waals surface area contributed by atoms with Gasteiger partial charge in [0.05, 0.1) is 0 Å². The number of rotatable bonds is 8. The molecule has 0 bridgehead atoms. The quantitative estimate of drug-likeness (QED) is 0.284. The fourth-order valence-corrected chi connectivity index (χ4v) is 2.11. The molecule has 6 N–H and O–H groups in total. The first kappa shape index (κ1) is 30.1. The van der Waals surface area contributed by atoms with Crippen LogP contribution in [0.2, 0.25) is 0 Å². The van der Waals surface area contributed by atoms with Gasteiger partial charge in [0, 0.05) is 11.5 Å². The van der Waals surface area contributed by atoms with Crippen molar-refractivity contribution in [3.05, 3.63) is 0 Å². The van der Waals surface area contributed by atoms with Gasteiger partial charge in [-0.05, 0) is 54.1 Å². The van der Waals surface area contributed by atoms with Crippen molar-refractivity contribution >= 4 is 58.7 Å². The zero-order chi connectivity index (χ0) is 16.0. The van der Waals surface area contributed by atoms with Crippen molar-refractivity contribution in [3.8, 4) is 0 Å². The van der Waals surface area contributed by atoms with Gasteiger partial charge in [-0.1, -0.05) is 23.5 Å². The van der Waals surface area contributed by atoms with Crippen LogP contribution in [0, 0.1) is 10.8 Å². The molecule has 0 rings (SSSR count). The molecule has 0 atom stereocenters. The average Bonchev–Trinajstić information content (AvgIpc) is 2.30. The van der Waals surface area contributed by atoms with Crippen molar-refractivity contribution in [1.82, 2.24) is 9.80 Å². The van der Waals surface area contributed by atoms with Crippen LogP contribution >= 0.6 is 48.3 Å². The van der Waals surface area contributed by atoms with Gasteiger partial charge in [-0.2, -0.15) is 0 Å². The zero-order valence-corrected chi connectivity index (χ0v) is 17.2. The van der Waals surface area contributed by atoms with Crippen molar-refractivity contribution in [2.45, 2.75) is 12.8 Å². The largest absolute Gasteiger partial charge is 0.379 e. The van der Waals surface area contributed by atoms with E-state index in [1.165, 1.54) is 23.5 Å². The first-order valence-electron chi connectivity index (χ1n) is 6.48. The lowest BCUT2D eigenvalue weighted by Crippen LogP contribution is -2.14. The second-order valence-corrected chi connectivity index (χ2v) is 7.01. The Kier molecular flexibility index (Phi) is 28.9. The summed E-state index contributed by atoms with van der Waals surface area (Å²) in [6, 6.07) is 0. The molecule has 6 nitrogen and oxygen atoms in total. The fraction of sp³-hybridized carbons (Fsp3) is 0.833. The van der Waals surface area contributed by atoms with E-state index in [2.05, 4.69) is 9.80 Å². The zero-order valence-electron chi connectivity index (χ0n) is 13.9. The van der Waals surface area contributed by atoms with Crippen LogP contribution < -0.4 is 11.5 Å². The lowest BCUT2D eigenvalue weighted by atomic mass is 10.5. The maximum absolute atomic E-state index is 6.91. The van der Waals surface area contributed by atoms with E-state index in [1.54, 1.807) is 0 Å². The minimum absolute atomic E-state index is 0. The summed E-state index contributed by atoms with van der Waals surface area (Å²) >= 11 is 2.82. The molecule has 0 aromatic heterocycles. The molecule has 0 aliphatic carbocycles. The number of nitrogens with two attached hydrogens (primary N) is 2. The smallest absolute Gasteiger partial charge is 0.151 e. The van der Waals surface area contributed by atoms with E-state index in [1.807, 2.05) is 28.2 Å². The van der Waals surface area contributed by atoms with Crippen LogP contribution in [0.1, 0.15) is 12.8 Å². The molecule has 0 aromatic carbocycles. The maximum atomic E-state index is 6.91. The fourth-order valence-electron chi connectivity index (χ4n) is 1.13. The van der Waals surface area contributed by atoms with Crippen LogP contribution in [-0.2, 0) is 0 Å². The number of hydrogen-bond donors (Lipinski definition) is 4. The van der Waals surface area contributed by atoms with E-state index in [4.69, 9.17) is 22.3 Å². The molecule has 0 heterocycles. The molecule has 22 heavy (non-hydrogen) atoms. The SMILES string of the molecule is CN(C)CCCSC(=N)N.CN(C)CCCSC(=N)N.Cl.Cl. The van der Waals surface area contributed by atoms with E-state index < -0.39 is 0 Å². The van der Waals surface area contributed by atoms with Crippen LogP contribution in [-0.4, -0.2) is 72.9 Å². The van der Waals surface area contributed by atoms with Gasteiger partial charge in [-0.15, -0.1) is 24.8 Å². The Hall–Kier alpha value is 0.140. The molecule has 0 radical (unpaired) electrons. The third-order valence-electron chi connectivity index (χ3n) is 2.01. The van der Waals surface area contributed by atoms with Crippen LogP contribution in [0.4, 0.5) is 0 Å². The standard InChI is InChI=1S/2C6H15N3S.2ClH/c2*1-9(2)4-3-5-10-6(7)8;;/h2*3-5H2,1-2H3,(H3,7,8);2*1H. The molecule has 0 unspecified atom stereocenters. The number of nitrogens with zero attached hydrogens (tertiary/aromatic N) is 2. The molecule has 0 saturated heterocycles. The Morgan fingerprint density at radius 1 is 0.773 bits per heavy atom. The molecular formula is C12H32Cl2N6S2. The molecule has 0 aromatic rings. The van der Waals surface area contributed by atoms with Gasteiger partial charge in [0.15, 0.2) is 10.3 Å². The third kappa shape index (κ3) is 36.9. The van der Waals surface area contributed by atoms with E-state index >= 15 is 0 Å². The monoisotopic (exact) mass is 394 g/mol. The summed E-state index contributed by atoms with van der Waals surface area (Å²) in [6.45, 7) is 2.14. The highest BCUT2D eigenvalue weighted by Crippen LogP contribution is 2.00. The number of nitrogens with one attached hydrogen (secondary N) is 2. The van der Waals surface area contributed by atoms with E-state index in [-0.39, 0.29) is 35.1 Å². The Balaban J connectivity index is -0.000000135. The lowest BCUT2D eigenvalue weighted by molar-refractivity contribution is 0.410. The average molecular weight is 395 g/mol. The summed E-state index contributed by atoms with van der Waals surface area (Å²) < 4.78 is 0. The van der Waals surface area contributed by atoms with Gasteiger partial charge in [0.25, 0.3) is 0 Å². The third-order valence-corrected chi connectivity index (χ3v) is 3.62. The van der Waals surface area contributed by atoms with E-state index in [0.717, 1.165) is 37.4 Å². The Morgan fingerprint density at radius 2 is 1.05 bits per heavy atom. The van der Waals surface area contributed by atoms with E-state index in [9.17, 15) is 0 Å². The van der Waals surface area contributed by atoms with Crippen LogP contribution in [0.5, 0.6) is 0 Å². The topological polar surface area (TPSA) is 106 Å². The number of hydrogen-bond acceptors (Lipinski definition) is 6. The number of thioether (sulfide) groups is 2. The van der Waals surface area contributed by atoms with Crippen LogP contribution in [0.15, 0.2) is 0 Å². The van der Waals surface area contributed by atoms with Crippen LogP contribution in [0.3, 0.4) is 0 Å². The molecule has 0 aliphatic heterocycles. The van der Waals surface area contributed by atoms with Crippen molar-refractivity contribution in [2.24, 2.45) is 11.5 Å². The van der Waals surface area contributed by atoms with Gasteiger partial charge in [0.2, 0.25) is 0 Å². The lowest BCUT2D eigenvalue weighted by Gasteiger charge is -2.07. The first-order valence-corrected chi connectivity index (χ1v) is 8.46. The summed E-state index contributed by atoms with van der Waals surface area (Å²) in [7, 11) is 8.16. The van der Waals surface area contributed by atoms with Gasteiger partial charge in [-0.25, -0.2) is 0 Å². The molecule has 136 valence electrons. The van der Waals surface area contributed by atoms with E-state index in [0.29, 0.717) is 0 Å². The molecule has 0 spiro atoms. The molecule has 10 heteroatoms. The van der Waals surface area contributed by atoms with Gasteiger partial charge >= 0.3 is 0 Å². The second-order valence-electron chi connectivity index (χ2n) is 4.74. The number of amidine groups is 2. The summed E-state index contributed by atoms with van der Waals surface area (Å²) in [5.41, 5.74) is 10.3. The highest BCUT2D eigenvalue weighted by molar-refractivity contribution is 8.13.